The van der Waals surface area contributed by atoms with Gasteiger partial charge in [0.15, 0.2) is 0 Å². The standard InChI is InChI=1S/C23H23FN4O2/c24-20-4-2-1-3-16(20)9-14-27-22(29)15-21(25)17-5-7-18(8-6-17)23(30)28-19-10-12-26-13-11-19/h1-8,10-13,21H,9,14-15,25H2,(H,27,29)(H,26,28,30). The molecule has 3 rings (SSSR count). The predicted molar refractivity (Wildman–Crippen MR) is 113 cm³/mol. The number of rotatable bonds is 8. The highest BCUT2D eigenvalue weighted by Gasteiger charge is 2.13. The first-order chi connectivity index (χ1) is 14.5. The van der Waals surface area contributed by atoms with Gasteiger partial charge in [-0.1, -0.05) is 30.3 Å². The maximum Gasteiger partial charge on any atom is 0.255 e. The van der Waals surface area contributed by atoms with Crippen molar-refractivity contribution in [1.82, 2.24) is 10.3 Å². The molecule has 154 valence electrons. The molecule has 4 N–H and O–H groups in total. The molecular formula is C23H23FN4O2. The van der Waals surface area contributed by atoms with Crippen LogP contribution in [0, 0.1) is 5.82 Å². The Balaban J connectivity index is 1.48. The van der Waals surface area contributed by atoms with Gasteiger partial charge in [0.05, 0.1) is 0 Å². The number of benzene rings is 2. The van der Waals surface area contributed by atoms with Gasteiger partial charge in [-0.2, -0.15) is 0 Å². The van der Waals surface area contributed by atoms with Gasteiger partial charge in [0.2, 0.25) is 5.91 Å². The van der Waals surface area contributed by atoms with Gasteiger partial charge in [-0.05, 0) is 47.9 Å². The smallest absolute Gasteiger partial charge is 0.255 e. The minimum atomic E-state index is -0.504. The lowest BCUT2D eigenvalue weighted by Gasteiger charge is -2.13. The van der Waals surface area contributed by atoms with E-state index < -0.39 is 6.04 Å². The first-order valence-corrected chi connectivity index (χ1v) is 9.60. The van der Waals surface area contributed by atoms with E-state index in [1.807, 2.05) is 0 Å². The molecule has 0 radical (unpaired) electrons. The van der Waals surface area contributed by atoms with E-state index in [0.717, 1.165) is 5.56 Å². The summed E-state index contributed by atoms with van der Waals surface area (Å²) in [6.07, 6.45) is 3.70. The molecule has 1 aromatic heterocycles. The summed E-state index contributed by atoms with van der Waals surface area (Å²) in [5.74, 6) is -0.734. The van der Waals surface area contributed by atoms with Crippen molar-refractivity contribution in [3.63, 3.8) is 0 Å². The average molecular weight is 406 g/mol. The van der Waals surface area contributed by atoms with Gasteiger partial charge in [0.1, 0.15) is 5.82 Å². The van der Waals surface area contributed by atoms with Crippen LogP contribution in [0.25, 0.3) is 0 Å². The summed E-state index contributed by atoms with van der Waals surface area (Å²) >= 11 is 0. The molecule has 7 heteroatoms. The van der Waals surface area contributed by atoms with Crippen LogP contribution in [0.15, 0.2) is 73.1 Å². The molecule has 0 saturated heterocycles. The molecule has 1 heterocycles. The number of carbonyl (C=O) groups excluding carboxylic acids is 2. The SMILES string of the molecule is NC(CC(=O)NCCc1ccccc1F)c1ccc(C(=O)Nc2ccncc2)cc1. The number of hydrogen-bond donors (Lipinski definition) is 3. The van der Waals surface area contributed by atoms with Crippen molar-refractivity contribution in [3.05, 3.63) is 95.6 Å². The zero-order valence-corrected chi connectivity index (χ0v) is 16.3. The Kier molecular flexibility index (Phi) is 7.24. The number of nitrogens with one attached hydrogen (secondary N) is 2. The highest BCUT2D eigenvalue weighted by molar-refractivity contribution is 6.04. The van der Waals surface area contributed by atoms with Crippen LogP contribution in [0.1, 0.15) is 33.9 Å². The Hall–Kier alpha value is -3.58. The van der Waals surface area contributed by atoms with Crippen LogP contribution < -0.4 is 16.4 Å². The second kappa shape index (κ2) is 10.3. The summed E-state index contributed by atoms with van der Waals surface area (Å²) in [4.78, 5) is 28.3. The van der Waals surface area contributed by atoms with E-state index in [-0.39, 0.29) is 24.1 Å². The average Bonchev–Trinajstić information content (AvgIpc) is 2.76. The number of amides is 2. The van der Waals surface area contributed by atoms with Gasteiger partial charge in [-0.15, -0.1) is 0 Å². The van der Waals surface area contributed by atoms with Crippen LogP contribution in [0.3, 0.4) is 0 Å². The third kappa shape index (κ3) is 5.96. The van der Waals surface area contributed by atoms with Crippen molar-refractivity contribution in [1.29, 1.82) is 0 Å². The van der Waals surface area contributed by atoms with Crippen molar-refractivity contribution in [2.45, 2.75) is 18.9 Å². The third-order valence-corrected chi connectivity index (χ3v) is 4.62. The van der Waals surface area contributed by atoms with Crippen LogP contribution in [0.5, 0.6) is 0 Å². The zero-order chi connectivity index (χ0) is 21.3. The number of nitrogens with two attached hydrogens (primary N) is 1. The molecule has 30 heavy (non-hydrogen) atoms. The van der Waals surface area contributed by atoms with Crippen LogP contribution in [-0.4, -0.2) is 23.3 Å². The Labute approximate surface area is 174 Å². The normalized spacial score (nSPS) is 11.5. The molecule has 2 amide bonds. The van der Waals surface area contributed by atoms with Crippen LogP contribution in [0.4, 0.5) is 10.1 Å². The van der Waals surface area contributed by atoms with Crippen LogP contribution in [-0.2, 0) is 11.2 Å². The third-order valence-electron chi connectivity index (χ3n) is 4.62. The minimum absolute atomic E-state index is 0.0971. The van der Waals surface area contributed by atoms with Gasteiger partial charge in [0.25, 0.3) is 5.91 Å². The molecule has 0 aliphatic heterocycles. The molecular weight excluding hydrogens is 383 g/mol. The number of hydrogen-bond acceptors (Lipinski definition) is 4. The van der Waals surface area contributed by atoms with Gasteiger partial charge in [0, 0.05) is 42.7 Å². The fraction of sp³-hybridized carbons (Fsp3) is 0.174. The minimum Gasteiger partial charge on any atom is -0.356 e. The fourth-order valence-electron chi connectivity index (χ4n) is 2.95. The summed E-state index contributed by atoms with van der Waals surface area (Å²) in [5, 5.41) is 5.54. The molecule has 0 spiro atoms. The lowest BCUT2D eigenvalue weighted by atomic mass is 10.0. The Morgan fingerprint density at radius 2 is 1.70 bits per heavy atom. The molecule has 0 aliphatic rings. The van der Waals surface area contributed by atoms with Gasteiger partial charge in [-0.25, -0.2) is 4.39 Å². The van der Waals surface area contributed by atoms with Crippen molar-refractivity contribution >= 4 is 17.5 Å². The molecule has 0 bridgehead atoms. The highest BCUT2D eigenvalue weighted by Crippen LogP contribution is 2.16. The number of carbonyl (C=O) groups is 2. The topological polar surface area (TPSA) is 97.1 Å². The van der Waals surface area contributed by atoms with E-state index in [1.165, 1.54) is 6.07 Å². The Morgan fingerprint density at radius 1 is 1.00 bits per heavy atom. The molecule has 1 unspecified atom stereocenters. The van der Waals surface area contributed by atoms with Crippen LogP contribution >= 0.6 is 0 Å². The second-order valence-electron chi connectivity index (χ2n) is 6.81. The highest BCUT2D eigenvalue weighted by atomic mass is 19.1. The zero-order valence-electron chi connectivity index (χ0n) is 16.3. The van der Waals surface area contributed by atoms with E-state index in [9.17, 15) is 14.0 Å². The number of pyridine rings is 1. The second-order valence-corrected chi connectivity index (χ2v) is 6.81. The predicted octanol–water partition coefficient (Wildman–Crippen LogP) is 3.22. The summed E-state index contributed by atoms with van der Waals surface area (Å²) in [7, 11) is 0. The number of aromatic nitrogens is 1. The van der Waals surface area contributed by atoms with E-state index in [1.54, 1.807) is 67.0 Å². The maximum atomic E-state index is 13.6. The number of nitrogens with zero attached hydrogens (tertiary/aromatic N) is 1. The van der Waals surface area contributed by atoms with Crippen molar-refractivity contribution in [2.24, 2.45) is 5.73 Å². The summed E-state index contributed by atoms with van der Waals surface area (Å²) in [6.45, 7) is 0.334. The lowest BCUT2D eigenvalue weighted by Crippen LogP contribution is -2.29. The van der Waals surface area contributed by atoms with E-state index in [4.69, 9.17) is 5.73 Å². The maximum absolute atomic E-state index is 13.6. The van der Waals surface area contributed by atoms with Crippen molar-refractivity contribution < 1.29 is 14.0 Å². The van der Waals surface area contributed by atoms with Crippen molar-refractivity contribution in [3.8, 4) is 0 Å². The quantitative estimate of drug-likeness (QED) is 0.535. The molecule has 0 fully saturated rings. The molecule has 0 aliphatic carbocycles. The van der Waals surface area contributed by atoms with E-state index >= 15 is 0 Å². The molecule has 0 saturated carbocycles. The van der Waals surface area contributed by atoms with Gasteiger partial charge >= 0.3 is 0 Å². The molecule has 1 atom stereocenters. The molecule has 6 nitrogen and oxygen atoms in total. The van der Waals surface area contributed by atoms with E-state index in [2.05, 4.69) is 15.6 Å². The monoisotopic (exact) mass is 406 g/mol. The first kappa shape index (κ1) is 21.1. The van der Waals surface area contributed by atoms with Crippen LogP contribution in [0.2, 0.25) is 0 Å². The largest absolute Gasteiger partial charge is 0.356 e. The lowest BCUT2D eigenvalue weighted by molar-refractivity contribution is -0.121. The molecule has 3 aromatic rings. The summed E-state index contributed by atoms with van der Waals surface area (Å²) < 4.78 is 13.6. The first-order valence-electron chi connectivity index (χ1n) is 9.60. The van der Waals surface area contributed by atoms with Crippen molar-refractivity contribution in [2.75, 3.05) is 11.9 Å². The van der Waals surface area contributed by atoms with Gasteiger partial charge < -0.3 is 16.4 Å². The Morgan fingerprint density at radius 3 is 2.40 bits per heavy atom. The molecule has 2 aromatic carbocycles. The van der Waals surface area contributed by atoms with E-state index in [0.29, 0.717) is 29.8 Å². The fourth-order valence-corrected chi connectivity index (χ4v) is 2.95. The summed E-state index contributed by atoms with van der Waals surface area (Å²) in [5.41, 5.74) is 8.57. The van der Waals surface area contributed by atoms with Gasteiger partial charge in [-0.3, -0.25) is 14.6 Å². The Bertz CT molecular complexity index is 994. The number of anilines is 1. The number of halogens is 1. The summed E-state index contributed by atoms with van der Waals surface area (Å²) in [6, 6.07) is 16.2.